The Morgan fingerprint density at radius 2 is 2.00 bits per heavy atom. The van der Waals surface area contributed by atoms with Gasteiger partial charge in [-0.15, -0.1) is 0 Å². The average molecular weight is 305 g/mol. The van der Waals surface area contributed by atoms with Crippen molar-refractivity contribution >= 4 is 11.7 Å². The number of piperidine rings is 1. The van der Waals surface area contributed by atoms with E-state index in [0.29, 0.717) is 6.42 Å². The lowest BCUT2D eigenvalue weighted by Crippen LogP contribution is -2.50. The van der Waals surface area contributed by atoms with Crippen LogP contribution >= 0.6 is 0 Å². The SMILES string of the molecule is CCC(CCO)NC(=O)NC1CCN(c2ccccc2)CC1. The van der Waals surface area contributed by atoms with Crippen LogP contribution in [-0.2, 0) is 0 Å². The van der Waals surface area contributed by atoms with Gasteiger partial charge in [0.15, 0.2) is 0 Å². The number of urea groups is 1. The second-order valence-corrected chi connectivity index (χ2v) is 5.83. The van der Waals surface area contributed by atoms with Crippen LogP contribution in [0.25, 0.3) is 0 Å². The molecule has 0 saturated carbocycles. The van der Waals surface area contributed by atoms with Crippen LogP contribution in [0.4, 0.5) is 10.5 Å². The van der Waals surface area contributed by atoms with E-state index in [2.05, 4.69) is 39.8 Å². The molecular formula is C17H27N3O2. The van der Waals surface area contributed by atoms with Crippen molar-refractivity contribution in [2.75, 3.05) is 24.6 Å². The number of aliphatic hydroxyl groups is 1. The third-order valence-electron chi connectivity index (χ3n) is 4.26. The molecule has 5 nitrogen and oxygen atoms in total. The number of hydrogen-bond acceptors (Lipinski definition) is 3. The third kappa shape index (κ3) is 4.91. The molecule has 1 unspecified atom stereocenters. The molecule has 0 spiro atoms. The van der Waals surface area contributed by atoms with E-state index < -0.39 is 0 Å². The zero-order valence-corrected chi connectivity index (χ0v) is 13.3. The maximum atomic E-state index is 12.0. The molecule has 1 atom stereocenters. The summed E-state index contributed by atoms with van der Waals surface area (Å²) in [7, 11) is 0. The lowest BCUT2D eigenvalue weighted by Gasteiger charge is -2.34. The first-order valence-electron chi connectivity index (χ1n) is 8.20. The number of nitrogens with zero attached hydrogens (tertiary/aromatic N) is 1. The summed E-state index contributed by atoms with van der Waals surface area (Å²) in [6.07, 6.45) is 3.36. The molecule has 1 aromatic rings. The van der Waals surface area contributed by atoms with Gasteiger partial charge in [0.1, 0.15) is 0 Å². The molecule has 2 amide bonds. The van der Waals surface area contributed by atoms with Gasteiger partial charge in [0, 0.05) is 37.5 Å². The van der Waals surface area contributed by atoms with Crippen molar-refractivity contribution in [2.24, 2.45) is 0 Å². The summed E-state index contributed by atoms with van der Waals surface area (Å²) in [5.74, 6) is 0. The number of anilines is 1. The second-order valence-electron chi connectivity index (χ2n) is 5.83. The molecule has 1 fully saturated rings. The number of benzene rings is 1. The van der Waals surface area contributed by atoms with Crippen LogP contribution in [0.3, 0.4) is 0 Å². The lowest BCUT2D eigenvalue weighted by atomic mass is 10.0. The number of para-hydroxylation sites is 1. The summed E-state index contributed by atoms with van der Waals surface area (Å²) in [5.41, 5.74) is 1.25. The summed E-state index contributed by atoms with van der Waals surface area (Å²) in [4.78, 5) is 14.3. The zero-order chi connectivity index (χ0) is 15.8. The molecule has 2 rings (SSSR count). The Morgan fingerprint density at radius 3 is 2.59 bits per heavy atom. The molecule has 122 valence electrons. The van der Waals surface area contributed by atoms with Crippen LogP contribution in [0, 0.1) is 0 Å². The first-order valence-corrected chi connectivity index (χ1v) is 8.20. The number of nitrogens with one attached hydrogen (secondary N) is 2. The average Bonchev–Trinajstić information content (AvgIpc) is 2.56. The minimum atomic E-state index is -0.113. The Bertz CT molecular complexity index is 444. The van der Waals surface area contributed by atoms with Crippen LogP contribution in [0.1, 0.15) is 32.6 Å². The van der Waals surface area contributed by atoms with Crippen LogP contribution < -0.4 is 15.5 Å². The van der Waals surface area contributed by atoms with Gasteiger partial charge in [-0.25, -0.2) is 4.79 Å². The van der Waals surface area contributed by atoms with Gasteiger partial charge >= 0.3 is 6.03 Å². The van der Waals surface area contributed by atoms with Crippen LogP contribution in [-0.4, -0.2) is 42.9 Å². The number of carbonyl (C=O) groups is 1. The van der Waals surface area contributed by atoms with Crippen LogP contribution in [0.5, 0.6) is 0 Å². The summed E-state index contributed by atoms with van der Waals surface area (Å²) in [6.45, 7) is 4.04. The smallest absolute Gasteiger partial charge is 0.315 e. The van der Waals surface area contributed by atoms with E-state index in [1.165, 1.54) is 5.69 Å². The molecule has 3 N–H and O–H groups in total. The fourth-order valence-corrected chi connectivity index (χ4v) is 2.87. The Balaban J connectivity index is 1.74. The Morgan fingerprint density at radius 1 is 1.32 bits per heavy atom. The van der Waals surface area contributed by atoms with E-state index in [9.17, 15) is 4.79 Å². The number of amides is 2. The van der Waals surface area contributed by atoms with Gasteiger partial charge < -0.3 is 20.6 Å². The maximum absolute atomic E-state index is 12.0. The number of aliphatic hydroxyl groups excluding tert-OH is 1. The molecule has 0 radical (unpaired) electrons. The highest BCUT2D eigenvalue weighted by Gasteiger charge is 2.21. The molecule has 0 bridgehead atoms. The van der Waals surface area contributed by atoms with E-state index in [-0.39, 0.29) is 24.7 Å². The van der Waals surface area contributed by atoms with Gasteiger partial charge in [-0.2, -0.15) is 0 Å². The van der Waals surface area contributed by atoms with Gasteiger partial charge in [0.05, 0.1) is 0 Å². The Labute approximate surface area is 132 Å². The number of hydrogen-bond donors (Lipinski definition) is 3. The minimum absolute atomic E-state index is 0.0504. The van der Waals surface area contributed by atoms with Crippen molar-refractivity contribution in [3.63, 3.8) is 0 Å². The highest BCUT2D eigenvalue weighted by Crippen LogP contribution is 2.19. The van der Waals surface area contributed by atoms with E-state index in [0.717, 1.165) is 32.4 Å². The zero-order valence-electron chi connectivity index (χ0n) is 13.3. The Kier molecular flexibility index (Phi) is 6.52. The summed E-state index contributed by atoms with van der Waals surface area (Å²) >= 11 is 0. The maximum Gasteiger partial charge on any atom is 0.315 e. The van der Waals surface area contributed by atoms with E-state index in [1.54, 1.807) is 0 Å². The molecule has 1 aliphatic heterocycles. The van der Waals surface area contributed by atoms with E-state index in [1.807, 2.05) is 13.0 Å². The first-order chi connectivity index (χ1) is 10.7. The standard InChI is InChI=1S/C17H27N3O2/c1-2-14(10-13-21)18-17(22)19-15-8-11-20(12-9-15)16-6-4-3-5-7-16/h3-7,14-15,21H,2,8-13H2,1H3,(H2,18,19,22). The van der Waals surface area contributed by atoms with Gasteiger partial charge in [0.2, 0.25) is 0 Å². The normalized spacial score (nSPS) is 17.1. The fraction of sp³-hybridized carbons (Fsp3) is 0.588. The topological polar surface area (TPSA) is 64.6 Å². The molecule has 1 heterocycles. The van der Waals surface area contributed by atoms with Crippen molar-refractivity contribution in [2.45, 2.75) is 44.7 Å². The molecule has 0 aromatic heterocycles. The van der Waals surface area contributed by atoms with Crippen LogP contribution in [0.2, 0.25) is 0 Å². The minimum Gasteiger partial charge on any atom is -0.396 e. The highest BCUT2D eigenvalue weighted by atomic mass is 16.3. The predicted molar refractivity (Wildman–Crippen MR) is 89.1 cm³/mol. The van der Waals surface area contributed by atoms with Gasteiger partial charge in [-0.05, 0) is 37.8 Å². The molecule has 1 aliphatic rings. The lowest BCUT2D eigenvalue weighted by molar-refractivity contribution is 0.222. The first kappa shape index (κ1) is 16.6. The van der Waals surface area contributed by atoms with Crippen LogP contribution in [0.15, 0.2) is 30.3 Å². The monoisotopic (exact) mass is 305 g/mol. The highest BCUT2D eigenvalue weighted by molar-refractivity contribution is 5.74. The van der Waals surface area contributed by atoms with E-state index in [4.69, 9.17) is 5.11 Å². The Hall–Kier alpha value is -1.75. The third-order valence-corrected chi connectivity index (χ3v) is 4.26. The molecule has 5 heteroatoms. The largest absolute Gasteiger partial charge is 0.396 e. The van der Waals surface area contributed by atoms with Gasteiger partial charge in [-0.1, -0.05) is 25.1 Å². The predicted octanol–water partition coefficient (Wildman–Crippen LogP) is 2.12. The molecule has 0 aliphatic carbocycles. The van der Waals surface area contributed by atoms with Crippen molar-refractivity contribution in [1.29, 1.82) is 0 Å². The summed E-state index contributed by atoms with van der Waals surface area (Å²) < 4.78 is 0. The number of carbonyl (C=O) groups excluding carboxylic acids is 1. The quantitative estimate of drug-likeness (QED) is 0.754. The second kappa shape index (κ2) is 8.63. The molecule has 22 heavy (non-hydrogen) atoms. The number of rotatable bonds is 6. The van der Waals surface area contributed by atoms with Crippen molar-refractivity contribution in [3.05, 3.63) is 30.3 Å². The summed E-state index contributed by atoms with van der Waals surface area (Å²) in [6, 6.07) is 10.6. The van der Waals surface area contributed by atoms with Crippen molar-refractivity contribution in [3.8, 4) is 0 Å². The van der Waals surface area contributed by atoms with Gasteiger partial charge in [-0.3, -0.25) is 0 Å². The molecular weight excluding hydrogens is 278 g/mol. The molecule has 1 saturated heterocycles. The van der Waals surface area contributed by atoms with Gasteiger partial charge in [0.25, 0.3) is 0 Å². The summed E-state index contributed by atoms with van der Waals surface area (Å²) in [5, 5.41) is 15.0. The van der Waals surface area contributed by atoms with Crippen molar-refractivity contribution < 1.29 is 9.90 Å². The van der Waals surface area contributed by atoms with E-state index >= 15 is 0 Å². The fourth-order valence-electron chi connectivity index (χ4n) is 2.87. The van der Waals surface area contributed by atoms with Crippen molar-refractivity contribution in [1.82, 2.24) is 10.6 Å². The molecule has 1 aromatic carbocycles.